The lowest BCUT2D eigenvalue weighted by Gasteiger charge is -2.27. The molecule has 1 heterocycles. The van der Waals surface area contributed by atoms with Crippen LogP contribution in [-0.2, 0) is 0 Å². The molecule has 3 nitrogen and oxygen atoms in total. The summed E-state index contributed by atoms with van der Waals surface area (Å²) in [5, 5.41) is 4.51. The smallest absolute Gasteiger partial charge is 0.277 e. The SMILES string of the molecule is CCN(CC)C(=O)c1nc(-c2ccccc2)sc1[P+](c1ccccc1)(c1ccccc1)c1ccccc1. The number of amides is 1. The maximum absolute atomic E-state index is 14.1. The molecule has 1 amide bonds. The predicted molar refractivity (Wildman–Crippen MR) is 160 cm³/mol. The first-order chi connectivity index (χ1) is 18.2. The van der Waals surface area contributed by atoms with Gasteiger partial charge >= 0.3 is 0 Å². The molecule has 4 aromatic carbocycles. The predicted octanol–water partition coefficient (Wildman–Crippen LogP) is 5.91. The van der Waals surface area contributed by atoms with Crippen LogP contribution < -0.4 is 20.5 Å². The quantitative estimate of drug-likeness (QED) is 0.238. The number of carbonyl (C=O) groups is 1. The monoisotopic (exact) mass is 521 g/mol. The Morgan fingerprint density at radius 3 is 1.49 bits per heavy atom. The number of hydrogen-bond acceptors (Lipinski definition) is 3. The molecule has 0 N–H and O–H groups in total. The molecular formula is C32H30N2OPS+. The van der Waals surface area contributed by atoms with Crippen LogP contribution in [0.3, 0.4) is 0 Å². The van der Waals surface area contributed by atoms with E-state index in [1.54, 1.807) is 11.3 Å². The van der Waals surface area contributed by atoms with E-state index >= 15 is 0 Å². The van der Waals surface area contributed by atoms with Gasteiger partial charge in [0.05, 0.1) is 0 Å². The molecule has 0 unspecified atom stereocenters. The van der Waals surface area contributed by atoms with E-state index in [0.717, 1.165) is 15.2 Å². The summed E-state index contributed by atoms with van der Waals surface area (Å²) in [7, 11) is -2.45. The summed E-state index contributed by atoms with van der Waals surface area (Å²) in [5.41, 5.74) is 1.59. The molecule has 0 spiro atoms. The second-order valence-corrected chi connectivity index (χ2v) is 13.3. The largest absolute Gasteiger partial charge is 0.338 e. The van der Waals surface area contributed by atoms with Gasteiger partial charge in [0.25, 0.3) is 5.91 Å². The summed E-state index contributed by atoms with van der Waals surface area (Å²) in [6.45, 7) is 5.33. The second-order valence-electron chi connectivity index (χ2n) is 8.69. The Balaban J connectivity index is 1.91. The van der Waals surface area contributed by atoms with Crippen molar-refractivity contribution in [3.63, 3.8) is 0 Å². The van der Waals surface area contributed by atoms with E-state index < -0.39 is 7.26 Å². The molecule has 0 aliphatic rings. The molecule has 5 heteroatoms. The zero-order chi connectivity index (χ0) is 25.7. The van der Waals surface area contributed by atoms with Crippen LogP contribution >= 0.6 is 18.6 Å². The van der Waals surface area contributed by atoms with Gasteiger partial charge < -0.3 is 4.90 Å². The standard InChI is InChI=1S/C32H30N2OPS/c1-3-34(4-2)31(35)29-32(37-30(33-29)25-17-9-5-10-18-25)36(26-19-11-6-12-20-26,27-21-13-7-14-22-27)28-23-15-8-16-24-28/h5-24H,3-4H2,1-2H3/q+1. The molecule has 0 fully saturated rings. The zero-order valence-corrected chi connectivity index (χ0v) is 22.8. The van der Waals surface area contributed by atoms with Crippen LogP contribution in [0.1, 0.15) is 24.3 Å². The average Bonchev–Trinajstić information content (AvgIpc) is 3.42. The number of carbonyl (C=O) groups excluding carboxylic acids is 1. The summed E-state index contributed by atoms with van der Waals surface area (Å²) in [6, 6.07) is 42.2. The van der Waals surface area contributed by atoms with Crippen molar-refractivity contribution >= 4 is 45.0 Å². The number of aromatic nitrogens is 1. The molecule has 0 radical (unpaired) electrons. The molecule has 0 bridgehead atoms. The second kappa shape index (κ2) is 11.2. The van der Waals surface area contributed by atoms with E-state index in [2.05, 4.69) is 103 Å². The highest BCUT2D eigenvalue weighted by atomic mass is 32.1. The van der Waals surface area contributed by atoms with Gasteiger partial charge in [-0.2, -0.15) is 0 Å². The lowest BCUT2D eigenvalue weighted by Crippen LogP contribution is -2.41. The Kier molecular flexibility index (Phi) is 7.60. The van der Waals surface area contributed by atoms with Crippen molar-refractivity contribution in [1.29, 1.82) is 0 Å². The Morgan fingerprint density at radius 2 is 1.08 bits per heavy atom. The maximum Gasteiger partial charge on any atom is 0.277 e. The van der Waals surface area contributed by atoms with E-state index in [0.29, 0.717) is 18.8 Å². The molecule has 0 saturated carbocycles. The minimum absolute atomic E-state index is 0.00870. The van der Waals surface area contributed by atoms with E-state index in [1.807, 2.05) is 36.9 Å². The van der Waals surface area contributed by atoms with Gasteiger partial charge in [-0.1, -0.05) is 96.3 Å². The highest BCUT2D eigenvalue weighted by Gasteiger charge is 2.52. The minimum Gasteiger partial charge on any atom is -0.338 e. The van der Waals surface area contributed by atoms with E-state index in [-0.39, 0.29) is 5.91 Å². The van der Waals surface area contributed by atoms with Crippen molar-refractivity contribution in [2.24, 2.45) is 0 Å². The number of hydrogen-bond donors (Lipinski definition) is 0. The van der Waals surface area contributed by atoms with Crippen LogP contribution in [0, 0.1) is 0 Å². The molecule has 0 atom stereocenters. The Hall–Kier alpha value is -3.59. The van der Waals surface area contributed by atoms with Crippen molar-refractivity contribution in [3.8, 4) is 10.6 Å². The van der Waals surface area contributed by atoms with E-state index in [1.165, 1.54) is 15.9 Å². The van der Waals surface area contributed by atoms with Gasteiger partial charge in [0.15, 0.2) is 17.6 Å². The molecule has 5 aromatic rings. The van der Waals surface area contributed by atoms with Crippen LogP contribution in [0.25, 0.3) is 10.6 Å². The van der Waals surface area contributed by atoms with Crippen molar-refractivity contribution in [3.05, 3.63) is 127 Å². The normalized spacial score (nSPS) is 11.3. The maximum atomic E-state index is 14.1. The minimum atomic E-state index is -2.45. The number of nitrogens with zero attached hydrogens (tertiary/aromatic N) is 2. The fourth-order valence-corrected chi connectivity index (χ4v) is 11.3. The van der Waals surface area contributed by atoms with Crippen LogP contribution in [-0.4, -0.2) is 28.9 Å². The van der Waals surface area contributed by atoms with Crippen LogP contribution in [0.15, 0.2) is 121 Å². The third kappa shape index (κ3) is 4.64. The van der Waals surface area contributed by atoms with E-state index in [9.17, 15) is 4.79 Å². The Labute approximate surface area is 223 Å². The van der Waals surface area contributed by atoms with Crippen LogP contribution in [0.2, 0.25) is 0 Å². The Morgan fingerprint density at radius 1 is 0.676 bits per heavy atom. The van der Waals surface area contributed by atoms with Gasteiger partial charge in [0, 0.05) is 18.7 Å². The molecular weight excluding hydrogens is 491 g/mol. The first kappa shape index (κ1) is 25.1. The average molecular weight is 522 g/mol. The van der Waals surface area contributed by atoms with Crippen molar-refractivity contribution < 1.29 is 4.79 Å². The van der Waals surface area contributed by atoms with Crippen LogP contribution in [0.5, 0.6) is 0 Å². The fraction of sp³-hybridized carbons (Fsp3) is 0.125. The van der Waals surface area contributed by atoms with Crippen molar-refractivity contribution in [2.75, 3.05) is 13.1 Å². The molecule has 37 heavy (non-hydrogen) atoms. The molecule has 5 rings (SSSR count). The summed E-state index contributed by atoms with van der Waals surface area (Å²) < 4.78 is 1.05. The van der Waals surface area contributed by atoms with Gasteiger partial charge in [-0.05, 0) is 50.2 Å². The van der Waals surface area contributed by atoms with Crippen molar-refractivity contribution in [1.82, 2.24) is 9.88 Å². The third-order valence-electron chi connectivity index (χ3n) is 6.62. The summed E-state index contributed by atoms with van der Waals surface area (Å²) >= 11 is 1.66. The van der Waals surface area contributed by atoms with Gasteiger partial charge in [0.2, 0.25) is 0 Å². The number of thiazole rings is 1. The van der Waals surface area contributed by atoms with E-state index in [4.69, 9.17) is 4.98 Å². The van der Waals surface area contributed by atoms with Gasteiger partial charge in [0.1, 0.15) is 20.9 Å². The number of benzene rings is 4. The highest BCUT2D eigenvalue weighted by molar-refractivity contribution is 8.04. The van der Waals surface area contributed by atoms with Crippen LogP contribution in [0.4, 0.5) is 0 Å². The molecule has 0 aliphatic heterocycles. The van der Waals surface area contributed by atoms with Gasteiger partial charge in [-0.25, -0.2) is 4.98 Å². The van der Waals surface area contributed by atoms with Crippen molar-refractivity contribution in [2.45, 2.75) is 13.8 Å². The fourth-order valence-electron chi connectivity index (χ4n) is 4.80. The van der Waals surface area contributed by atoms with Gasteiger partial charge in [-0.15, -0.1) is 0 Å². The summed E-state index contributed by atoms with van der Waals surface area (Å²) in [5.74, 6) is -0.00870. The lowest BCUT2D eigenvalue weighted by molar-refractivity contribution is 0.0769. The molecule has 184 valence electrons. The Bertz CT molecular complexity index is 1350. The lowest BCUT2D eigenvalue weighted by atomic mass is 10.2. The van der Waals surface area contributed by atoms with Gasteiger partial charge in [-0.3, -0.25) is 4.79 Å². The number of rotatable bonds is 8. The third-order valence-corrected chi connectivity index (χ3v) is 12.7. The molecule has 1 aromatic heterocycles. The first-order valence-corrected chi connectivity index (χ1v) is 15.2. The highest BCUT2D eigenvalue weighted by Crippen LogP contribution is 2.56. The summed E-state index contributed by atoms with van der Waals surface area (Å²) in [4.78, 5) is 21.1. The summed E-state index contributed by atoms with van der Waals surface area (Å²) in [6.07, 6.45) is 0. The molecule has 0 saturated heterocycles. The first-order valence-electron chi connectivity index (χ1n) is 12.6. The topological polar surface area (TPSA) is 33.2 Å². The molecule has 0 aliphatic carbocycles. The zero-order valence-electron chi connectivity index (χ0n) is 21.1.